The van der Waals surface area contributed by atoms with Crippen molar-refractivity contribution in [3.63, 3.8) is 0 Å². The summed E-state index contributed by atoms with van der Waals surface area (Å²) in [5.41, 5.74) is 1.65. The lowest BCUT2D eigenvalue weighted by Crippen LogP contribution is -2.43. The quantitative estimate of drug-likeness (QED) is 0.781. The minimum atomic E-state index is -0.475. The fourth-order valence-electron chi connectivity index (χ4n) is 3.17. The molecule has 1 atom stereocenters. The van der Waals surface area contributed by atoms with Gasteiger partial charge in [0.1, 0.15) is 6.04 Å². The summed E-state index contributed by atoms with van der Waals surface area (Å²) in [6.07, 6.45) is 2.92. The monoisotopic (exact) mass is 355 g/mol. The van der Waals surface area contributed by atoms with Crippen molar-refractivity contribution < 1.29 is 14.0 Å². The number of furan rings is 1. The van der Waals surface area contributed by atoms with Crippen LogP contribution in [0.15, 0.2) is 41.0 Å². The maximum Gasteiger partial charge on any atom is 0.290 e. The van der Waals surface area contributed by atoms with Crippen molar-refractivity contribution in [2.75, 3.05) is 11.9 Å². The molecular weight excluding hydrogens is 338 g/mol. The number of nitrogens with one attached hydrogen (secondary N) is 1. The second kappa shape index (κ2) is 6.33. The Labute approximate surface area is 148 Å². The summed E-state index contributed by atoms with van der Waals surface area (Å²) in [5, 5.41) is 3.92. The predicted molar refractivity (Wildman–Crippen MR) is 95.8 cm³/mol. The van der Waals surface area contributed by atoms with Crippen LogP contribution in [-0.2, 0) is 4.79 Å². The fourth-order valence-corrected chi connectivity index (χ4v) is 4.03. The van der Waals surface area contributed by atoms with Crippen molar-refractivity contribution in [3.05, 3.63) is 47.4 Å². The molecule has 1 aromatic carbocycles. The van der Waals surface area contributed by atoms with Crippen molar-refractivity contribution in [3.8, 4) is 0 Å². The molecule has 1 saturated heterocycles. The van der Waals surface area contributed by atoms with Crippen molar-refractivity contribution in [1.29, 1.82) is 0 Å². The summed E-state index contributed by atoms with van der Waals surface area (Å²) in [6, 6.07) is 8.48. The van der Waals surface area contributed by atoms with Gasteiger partial charge in [0.25, 0.3) is 5.91 Å². The van der Waals surface area contributed by atoms with Crippen molar-refractivity contribution >= 4 is 39.1 Å². The second-order valence-electron chi connectivity index (χ2n) is 6.04. The number of hydrogen-bond acceptors (Lipinski definition) is 5. The Kier molecular flexibility index (Phi) is 4.01. The molecular formula is C18H17N3O3S. The number of rotatable bonds is 3. The summed E-state index contributed by atoms with van der Waals surface area (Å²) >= 11 is 1.59. The standard InChI is InChI=1S/C18H17N3O3S/c1-11-19-13-7-6-12(10-16(13)25-11)20-17(22)14-4-2-8-21(14)18(23)15-5-3-9-24-15/h3,5-7,9-10,14H,2,4,8H2,1H3,(H,20,22)/t14-/m0/s1. The van der Waals surface area contributed by atoms with Crippen LogP contribution in [0.1, 0.15) is 28.4 Å². The van der Waals surface area contributed by atoms with E-state index in [-0.39, 0.29) is 17.6 Å². The van der Waals surface area contributed by atoms with Gasteiger partial charge in [0, 0.05) is 12.2 Å². The number of benzene rings is 1. The van der Waals surface area contributed by atoms with Crippen LogP contribution in [0.5, 0.6) is 0 Å². The molecule has 0 bridgehead atoms. The van der Waals surface area contributed by atoms with E-state index in [1.807, 2.05) is 25.1 Å². The van der Waals surface area contributed by atoms with Crippen LogP contribution < -0.4 is 5.32 Å². The molecule has 0 aliphatic carbocycles. The SMILES string of the molecule is Cc1nc2ccc(NC(=O)[C@@H]3CCCN3C(=O)c3ccco3)cc2s1. The molecule has 2 aromatic heterocycles. The molecule has 0 radical (unpaired) electrons. The van der Waals surface area contributed by atoms with Gasteiger partial charge in [0.2, 0.25) is 5.91 Å². The highest BCUT2D eigenvalue weighted by Crippen LogP contribution is 2.26. The fraction of sp³-hybridized carbons (Fsp3) is 0.278. The van der Waals surface area contributed by atoms with Crippen LogP contribution >= 0.6 is 11.3 Å². The zero-order chi connectivity index (χ0) is 17.4. The van der Waals surface area contributed by atoms with Gasteiger partial charge in [-0.25, -0.2) is 4.98 Å². The van der Waals surface area contributed by atoms with E-state index in [1.54, 1.807) is 28.4 Å². The maximum absolute atomic E-state index is 12.7. The molecule has 2 amide bonds. The van der Waals surface area contributed by atoms with Gasteiger partial charge in [0.15, 0.2) is 5.76 Å². The van der Waals surface area contributed by atoms with Crippen LogP contribution in [0, 0.1) is 6.92 Å². The molecule has 1 fully saturated rings. The molecule has 1 aliphatic rings. The maximum atomic E-state index is 12.7. The Morgan fingerprint density at radius 1 is 1.36 bits per heavy atom. The van der Waals surface area contributed by atoms with Gasteiger partial charge in [-0.2, -0.15) is 0 Å². The van der Waals surface area contributed by atoms with Gasteiger partial charge in [0.05, 0.1) is 21.5 Å². The van der Waals surface area contributed by atoms with E-state index in [0.29, 0.717) is 13.0 Å². The Morgan fingerprint density at radius 2 is 2.24 bits per heavy atom. The molecule has 4 rings (SSSR count). The number of carbonyl (C=O) groups is 2. The number of thiazole rings is 1. The molecule has 1 aliphatic heterocycles. The number of fused-ring (bicyclic) bond motifs is 1. The summed E-state index contributed by atoms with van der Waals surface area (Å²) in [5.74, 6) is -0.143. The van der Waals surface area contributed by atoms with E-state index >= 15 is 0 Å². The summed E-state index contributed by atoms with van der Waals surface area (Å²) in [6.45, 7) is 2.52. The lowest BCUT2D eigenvalue weighted by molar-refractivity contribution is -0.119. The smallest absolute Gasteiger partial charge is 0.290 e. The first-order valence-electron chi connectivity index (χ1n) is 8.14. The summed E-state index contributed by atoms with van der Waals surface area (Å²) in [7, 11) is 0. The Balaban J connectivity index is 1.51. The third-order valence-electron chi connectivity index (χ3n) is 4.31. The van der Waals surface area contributed by atoms with Gasteiger partial charge >= 0.3 is 0 Å². The molecule has 0 saturated carbocycles. The third-order valence-corrected chi connectivity index (χ3v) is 5.24. The van der Waals surface area contributed by atoms with Crippen LogP contribution in [-0.4, -0.2) is 34.3 Å². The number of aryl methyl sites for hydroxylation is 1. The molecule has 128 valence electrons. The number of amides is 2. The average Bonchev–Trinajstić information content (AvgIpc) is 3.33. The van der Waals surface area contributed by atoms with Crippen LogP contribution in [0.25, 0.3) is 10.2 Å². The highest BCUT2D eigenvalue weighted by atomic mass is 32.1. The molecule has 3 heterocycles. The first-order chi connectivity index (χ1) is 12.1. The summed E-state index contributed by atoms with van der Waals surface area (Å²) < 4.78 is 6.21. The Bertz CT molecular complexity index is 932. The highest BCUT2D eigenvalue weighted by Gasteiger charge is 2.35. The Hall–Kier alpha value is -2.67. The molecule has 6 nitrogen and oxygen atoms in total. The van der Waals surface area contributed by atoms with E-state index in [0.717, 1.165) is 27.3 Å². The number of likely N-dealkylation sites (tertiary alicyclic amines) is 1. The van der Waals surface area contributed by atoms with E-state index in [1.165, 1.54) is 6.26 Å². The number of nitrogens with zero attached hydrogens (tertiary/aromatic N) is 2. The number of anilines is 1. The van der Waals surface area contributed by atoms with Crippen molar-refractivity contribution in [2.45, 2.75) is 25.8 Å². The van der Waals surface area contributed by atoms with Gasteiger partial charge in [-0.1, -0.05) is 0 Å². The molecule has 1 N–H and O–H groups in total. The van der Waals surface area contributed by atoms with Gasteiger partial charge in [-0.3, -0.25) is 9.59 Å². The first kappa shape index (κ1) is 15.8. The van der Waals surface area contributed by atoms with E-state index in [2.05, 4.69) is 10.3 Å². The second-order valence-corrected chi connectivity index (χ2v) is 7.27. The van der Waals surface area contributed by atoms with Crippen LogP contribution in [0.4, 0.5) is 5.69 Å². The van der Waals surface area contributed by atoms with Gasteiger partial charge in [-0.05, 0) is 50.1 Å². The zero-order valence-corrected chi connectivity index (χ0v) is 14.5. The first-order valence-corrected chi connectivity index (χ1v) is 8.96. The normalized spacial score (nSPS) is 17.2. The van der Waals surface area contributed by atoms with E-state index < -0.39 is 6.04 Å². The highest BCUT2D eigenvalue weighted by molar-refractivity contribution is 7.18. The van der Waals surface area contributed by atoms with Crippen molar-refractivity contribution in [2.24, 2.45) is 0 Å². The number of carbonyl (C=O) groups excluding carboxylic acids is 2. The Morgan fingerprint density at radius 3 is 3.04 bits per heavy atom. The third kappa shape index (κ3) is 3.02. The van der Waals surface area contributed by atoms with E-state index in [9.17, 15) is 9.59 Å². The van der Waals surface area contributed by atoms with Gasteiger partial charge in [-0.15, -0.1) is 11.3 Å². The molecule has 0 spiro atoms. The lowest BCUT2D eigenvalue weighted by atomic mass is 10.2. The molecule has 25 heavy (non-hydrogen) atoms. The topological polar surface area (TPSA) is 75.4 Å². The zero-order valence-electron chi connectivity index (χ0n) is 13.7. The minimum absolute atomic E-state index is 0.169. The molecule has 0 unspecified atom stereocenters. The number of hydrogen-bond donors (Lipinski definition) is 1. The van der Waals surface area contributed by atoms with Crippen LogP contribution in [0.3, 0.4) is 0 Å². The van der Waals surface area contributed by atoms with Crippen LogP contribution in [0.2, 0.25) is 0 Å². The largest absolute Gasteiger partial charge is 0.459 e. The minimum Gasteiger partial charge on any atom is -0.459 e. The predicted octanol–water partition coefficient (Wildman–Crippen LogP) is 3.44. The molecule has 7 heteroatoms. The van der Waals surface area contributed by atoms with Gasteiger partial charge < -0.3 is 14.6 Å². The summed E-state index contributed by atoms with van der Waals surface area (Å²) in [4.78, 5) is 31.2. The molecule has 3 aromatic rings. The number of aromatic nitrogens is 1. The van der Waals surface area contributed by atoms with E-state index in [4.69, 9.17) is 4.42 Å². The van der Waals surface area contributed by atoms with Crippen molar-refractivity contribution in [1.82, 2.24) is 9.88 Å². The average molecular weight is 355 g/mol. The lowest BCUT2D eigenvalue weighted by Gasteiger charge is -2.23.